The minimum absolute atomic E-state index is 0.699. The maximum absolute atomic E-state index is 5.98. The molecule has 21 heavy (non-hydrogen) atoms. The van der Waals surface area contributed by atoms with Gasteiger partial charge in [0.1, 0.15) is 17.5 Å². The Morgan fingerprint density at radius 1 is 1.19 bits per heavy atom. The van der Waals surface area contributed by atoms with Crippen molar-refractivity contribution in [2.75, 3.05) is 7.05 Å². The van der Waals surface area contributed by atoms with Crippen molar-refractivity contribution in [2.24, 2.45) is 0 Å². The second-order valence-electron chi connectivity index (χ2n) is 5.07. The molecule has 0 amide bonds. The number of aromatic nitrogens is 5. The van der Waals surface area contributed by atoms with Gasteiger partial charge in [0.2, 0.25) is 0 Å². The molecular formula is C14H17ClN6. The summed E-state index contributed by atoms with van der Waals surface area (Å²) < 4.78 is 0. The first-order valence-electron chi connectivity index (χ1n) is 6.87. The Balaban J connectivity index is 1.69. The Labute approximate surface area is 127 Å². The van der Waals surface area contributed by atoms with Gasteiger partial charge in [0.15, 0.2) is 0 Å². The van der Waals surface area contributed by atoms with Gasteiger partial charge in [-0.3, -0.25) is 10.00 Å². The van der Waals surface area contributed by atoms with Crippen LogP contribution in [0.4, 0.5) is 0 Å². The molecule has 2 N–H and O–H groups in total. The van der Waals surface area contributed by atoms with Gasteiger partial charge in [-0.15, -0.1) is 0 Å². The van der Waals surface area contributed by atoms with E-state index in [1.165, 1.54) is 0 Å². The van der Waals surface area contributed by atoms with Gasteiger partial charge < -0.3 is 4.98 Å². The highest BCUT2D eigenvalue weighted by Crippen LogP contribution is 2.17. The number of rotatable bonds is 5. The van der Waals surface area contributed by atoms with Crippen LogP contribution in [0, 0.1) is 0 Å². The fourth-order valence-corrected chi connectivity index (χ4v) is 2.41. The van der Waals surface area contributed by atoms with Gasteiger partial charge in [-0.1, -0.05) is 18.5 Å². The highest BCUT2D eigenvalue weighted by Gasteiger charge is 2.09. The third-order valence-electron chi connectivity index (χ3n) is 3.23. The smallest absolute Gasteiger partial charge is 0.150 e. The van der Waals surface area contributed by atoms with E-state index in [9.17, 15) is 0 Å². The second kappa shape index (κ2) is 5.83. The third kappa shape index (κ3) is 3.22. The summed E-state index contributed by atoms with van der Waals surface area (Å²) in [7, 11) is 2.02. The van der Waals surface area contributed by atoms with Crippen LogP contribution in [-0.2, 0) is 19.5 Å². The standard InChI is InChI=1S/C14H17ClN6/c1-3-12-18-14(20-19-12)8-21(2)7-13-16-10-5-4-9(15)6-11(10)17-13/h4-6H,3,7-8H2,1-2H3,(H,16,17)(H,18,19,20). The van der Waals surface area contributed by atoms with Crippen molar-refractivity contribution < 1.29 is 0 Å². The van der Waals surface area contributed by atoms with Crippen LogP contribution in [0.2, 0.25) is 5.02 Å². The molecule has 0 spiro atoms. The number of hydrogen-bond donors (Lipinski definition) is 2. The van der Waals surface area contributed by atoms with Crippen LogP contribution in [0.5, 0.6) is 0 Å². The summed E-state index contributed by atoms with van der Waals surface area (Å²) in [5, 5.41) is 7.80. The number of nitrogens with one attached hydrogen (secondary N) is 2. The van der Waals surface area contributed by atoms with Crippen molar-refractivity contribution in [3.63, 3.8) is 0 Å². The van der Waals surface area contributed by atoms with Gasteiger partial charge in [-0.2, -0.15) is 5.10 Å². The van der Waals surface area contributed by atoms with Gasteiger partial charge in [-0.05, 0) is 25.2 Å². The average molecular weight is 305 g/mol. The molecule has 0 aliphatic carbocycles. The van der Waals surface area contributed by atoms with Gasteiger partial charge in [-0.25, -0.2) is 9.97 Å². The van der Waals surface area contributed by atoms with Gasteiger partial charge in [0, 0.05) is 11.4 Å². The summed E-state index contributed by atoms with van der Waals surface area (Å²) in [6, 6.07) is 5.65. The monoisotopic (exact) mass is 304 g/mol. The fourth-order valence-electron chi connectivity index (χ4n) is 2.24. The molecule has 7 heteroatoms. The minimum atomic E-state index is 0.699. The first-order valence-corrected chi connectivity index (χ1v) is 7.24. The number of hydrogen-bond acceptors (Lipinski definition) is 4. The SMILES string of the molecule is CCc1n[nH]c(CN(C)Cc2nc3ccc(Cl)cc3[nH]2)n1. The number of aromatic amines is 2. The normalized spacial score (nSPS) is 11.6. The molecule has 0 fully saturated rings. The molecule has 0 bridgehead atoms. The molecule has 6 nitrogen and oxygen atoms in total. The molecule has 0 saturated carbocycles. The van der Waals surface area contributed by atoms with Crippen LogP contribution < -0.4 is 0 Å². The summed E-state index contributed by atoms with van der Waals surface area (Å²) in [6.07, 6.45) is 0.838. The van der Waals surface area contributed by atoms with E-state index >= 15 is 0 Å². The number of fused-ring (bicyclic) bond motifs is 1. The van der Waals surface area contributed by atoms with Gasteiger partial charge >= 0.3 is 0 Å². The summed E-state index contributed by atoms with van der Waals surface area (Å²) in [4.78, 5) is 14.4. The summed E-state index contributed by atoms with van der Waals surface area (Å²) in [5.74, 6) is 2.62. The Morgan fingerprint density at radius 2 is 2.00 bits per heavy atom. The first-order chi connectivity index (χ1) is 10.1. The Kier molecular flexibility index (Phi) is 3.90. The maximum Gasteiger partial charge on any atom is 0.150 e. The lowest BCUT2D eigenvalue weighted by molar-refractivity contribution is 0.304. The van der Waals surface area contributed by atoms with Gasteiger partial charge in [0.05, 0.1) is 24.1 Å². The highest BCUT2D eigenvalue weighted by atomic mass is 35.5. The van der Waals surface area contributed by atoms with Crippen molar-refractivity contribution in [2.45, 2.75) is 26.4 Å². The number of halogens is 1. The predicted molar refractivity (Wildman–Crippen MR) is 82.0 cm³/mol. The Morgan fingerprint density at radius 3 is 2.76 bits per heavy atom. The zero-order chi connectivity index (χ0) is 14.8. The average Bonchev–Trinajstić information content (AvgIpc) is 3.04. The van der Waals surface area contributed by atoms with E-state index in [2.05, 4.69) is 30.0 Å². The number of nitrogens with zero attached hydrogens (tertiary/aromatic N) is 4. The van der Waals surface area contributed by atoms with Crippen LogP contribution >= 0.6 is 11.6 Å². The van der Waals surface area contributed by atoms with Crippen molar-refractivity contribution in [1.82, 2.24) is 30.0 Å². The summed E-state index contributed by atoms with van der Waals surface area (Å²) in [5.41, 5.74) is 1.88. The van der Waals surface area contributed by atoms with Crippen LogP contribution in [-0.4, -0.2) is 37.1 Å². The largest absolute Gasteiger partial charge is 0.341 e. The molecule has 0 aliphatic heterocycles. The van der Waals surface area contributed by atoms with Crippen LogP contribution in [0.3, 0.4) is 0 Å². The minimum Gasteiger partial charge on any atom is -0.341 e. The number of aryl methyl sites for hydroxylation is 1. The lowest BCUT2D eigenvalue weighted by Gasteiger charge is -2.12. The molecule has 0 radical (unpaired) electrons. The lowest BCUT2D eigenvalue weighted by atomic mass is 10.3. The van der Waals surface area contributed by atoms with Crippen molar-refractivity contribution in [3.05, 3.63) is 40.7 Å². The van der Waals surface area contributed by atoms with E-state index in [4.69, 9.17) is 11.6 Å². The maximum atomic E-state index is 5.98. The molecule has 1 aromatic carbocycles. The second-order valence-corrected chi connectivity index (χ2v) is 5.51. The van der Waals surface area contributed by atoms with E-state index in [1.807, 2.05) is 32.2 Å². The quantitative estimate of drug-likeness (QED) is 0.759. The summed E-state index contributed by atoms with van der Waals surface area (Å²) >= 11 is 5.98. The third-order valence-corrected chi connectivity index (χ3v) is 3.46. The van der Waals surface area contributed by atoms with Crippen molar-refractivity contribution >= 4 is 22.6 Å². The Bertz CT molecular complexity index is 747. The number of imidazole rings is 1. The first kappa shape index (κ1) is 14.0. The number of H-pyrrole nitrogens is 2. The van der Waals surface area contributed by atoms with E-state index in [1.54, 1.807) is 0 Å². The van der Waals surface area contributed by atoms with Crippen molar-refractivity contribution in [1.29, 1.82) is 0 Å². The highest BCUT2D eigenvalue weighted by molar-refractivity contribution is 6.31. The molecule has 3 aromatic rings. The summed E-state index contributed by atoms with van der Waals surface area (Å²) in [6.45, 7) is 3.44. The molecule has 0 atom stereocenters. The molecular weight excluding hydrogens is 288 g/mol. The van der Waals surface area contributed by atoms with Gasteiger partial charge in [0.25, 0.3) is 0 Å². The molecule has 2 aromatic heterocycles. The molecule has 0 saturated heterocycles. The molecule has 3 rings (SSSR count). The van der Waals surface area contributed by atoms with E-state index in [0.29, 0.717) is 18.1 Å². The predicted octanol–water partition coefficient (Wildman–Crippen LogP) is 2.53. The topological polar surface area (TPSA) is 73.5 Å². The zero-order valence-corrected chi connectivity index (χ0v) is 12.8. The van der Waals surface area contributed by atoms with E-state index in [-0.39, 0.29) is 0 Å². The van der Waals surface area contributed by atoms with Crippen molar-refractivity contribution in [3.8, 4) is 0 Å². The fraction of sp³-hybridized carbons (Fsp3) is 0.357. The Hall–Kier alpha value is -1.92. The molecule has 0 unspecified atom stereocenters. The van der Waals surface area contributed by atoms with Crippen LogP contribution in [0.1, 0.15) is 24.4 Å². The number of benzene rings is 1. The lowest BCUT2D eigenvalue weighted by Crippen LogP contribution is -2.18. The molecule has 110 valence electrons. The van der Waals surface area contributed by atoms with E-state index < -0.39 is 0 Å². The van der Waals surface area contributed by atoms with E-state index in [0.717, 1.165) is 34.9 Å². The molecule has 2 heterocycles. The zero-order valence-electron chi connectivity index (χ0n) is 12.0. The van der Waals surface area contributed by atoms with Crippen LogP contribution in [0.25, 0.3) is 11.0 Å². The van der Waals surface area contributed by atoms with Crippen LogP contribution in [0.15, 0.2) is 18.2 Å². The molecule has 0 aliphatic rings.